The molecule has 2 aromatic carbocycles. The third-order valence-corrected chi connectivity index (χ3v) is 7.60. The molecule has 13 heteroatoms. The molecule has 0 saturated carbocycles. The second-order valence-electron chi connectivity index (χ2n) is 10.0. The highest BCUT2D eigenvalue weighted by Crippen LogP contribution is 2.37. The maximum atomic E-state index is 15.1. The second-order valence-corrected chi connectivity index (χ2v) is 11.1. The van der Waals surface area contributed by atoms with Gasteiger partial charge in [-0.1, -0.05) is 0 Å². The highest BCUT2D eigenvalue weighted by Gasteiger charge is 2.22. The zero-order valence-electron chi connectivity index (χ0n) is 24.3. The van der Waals surface area contributed by atoms with Crippen molar-refractivity contribution in [3.05, 3.63) is 65.9 Å². The number of aryl methyl sites for hydroxylation is 1. The highest BCUT2D eigenvalue weighted by molar-refractivity contribution is 7.21. The number of anilines is 1. The van der Waals surface area contributed by atoms with E-state index in [-0.39, 0.29) is 17.4 Å². The van der Waals surface area contributed by atoms with Crippen molar-refractivity contribution in [1.29, 1.82) is 0 Å². The molecule has 222 valence electrons. The molecule has 0 aliphatic heterocycles. The lowest BCUT2D eigenvalue weighted by Crippen LogP contribution is -2.32. The zero-order valence-corrected chi connectivity index (χ0v) is 25.2. The van der Waals surface area contributed by atoms with Crippen molar-refractivity contribution in [3.8, 4) is 22.2 Å². The van der Waals surface area contributed by atoms with Gasteiger partial charge >= 0.3 is 6.09 Å². The SMILES string of the molecule is COc1cnc2c(-c3nc4cc(F)c(O[C@@H](C)[C@@H](C)OC(=O)Nc5ccnc(C(=O)N(C)C)c5)cc4s3)cc(C)cc2n1. The summed E-state index contributed by atoms with van der Waals surface area (Å²) in [5, 5.41) is 3.24. The summed E-state index contributed by atoms with van der Waals surface area (Å²) in [4.78, 5) is 43.7. The maximum absolute atomic E-state index is 15.1. The molecular weight excluding hydrogens is 575 g/mol. The number of ether oxygens (including phenoxy) is 3. The van der Waals surface area contributed by atoms with Gasteiger partial charge in [0.05, 0.1) is 34.6 Å². The molecule has 0 spiro atoms. The van der Waals surface area contributed by atoms with E-state index < -0.39 is 24.1 Å². The molecule has 0 aliphatic rings. The van der Waals surface area contributed by atoms with Crippen LogP contribution in [0.1, 0.15) is 29.9 Å². The van der Waals surface area contributed by atoms with Crippen LogP contribution in [0.5, 0.6) is 11.6 Å². The van der Waals surface area contributed by atoms with E-state index in [0.717, 1.165) is 11.1 Å². The van der Waals surface area contributed by atoms with Crippen molar-refractivity contribution in [2.45, 2.75) is 33.0 Å². The number of nitrogens with one attached hydrogen (secondary N) is 1. The molecule has 0 unspecified atom stereocenters. The molecule has 0 radical (unpaired) electrons. The Morgan fingerprint density at radius 3 is 2.56 bits per heavy atom. The normalized spacial score (nSPS) is 12.5. The first kappa shape index (κ1) is 29.6. The molecule has 0 saturated heterocycles. The van der Waals surface area contributed by atoms with Crippen LogP contribution in [0.3, 0.4) is 0 Å². The maximum Gasteiger partial charge on any atom is 0.412 e. The van der Waals surface area contributed by atoms with Crippen LogP contribution in [0, 0.1) is 12.7 Å². The van der Waals surface area contributed by atoms with Gasteiger partial charge in [0.1, 0.15) is 22.9 Å². The number of fused-ring (bicyclic) bond motifs is 2. The third-order valence-electron chi connectivity index (χ3n) is 6.55. The number of pyridine rings is 1. The molecule has 5 aromatic rings. The predicted octanol–water partition coefficient (Wildman–Crippen LogP) is 5.86. The number of halogens is 1. The first-order chi connectivity index (χ1) is 20.5. The number of carbonyl (C=O) groups excluding carboxylic acids is 2. The van der Waals surface area contributed by atoms with Crippen LogP contribution in [0.25, 0.3) is 31.8 Å². The summed E-state index contributed by atoms with van der Waals surface area (Å²) in [6, 6.07) is 9.77. The Balaban J connectivity index is 1.30. The van der Waals surface area contributed by atoms with Crippen molar-refractivity contribution in [2.75, 3.05) is 26.5 Å². The lowest BCUT2D eigenvalue weighted by molar-refractivity contribution is 0.0402. The van der Waals surface area contributed by atoms with Crippen molar-refractivity contribution < 1.29 is 28.2 Å². The standard InChI is InChI=1S/C30H29FN6O5S/c1-15-9-19(27-22(10-15)35-26(40-6)14-33-27)28-36-21-12-20(31)24(13-25(21)43-28)41-16(2)17(3)42-30(39)34-18-7-8-32-23(11-18)29(38)37(4)5/h7-14,16-17H,1-6H3,(H,32,34,39)/t16-,17+/m0/s1. The number of aromatic nitrogens is 4. The number of methoxy groups -OCH3 is 1. The fraction of sp³-hybridized carbons (Fsp3) is 0.267. The van der Waals surface area contributed by atoms with E-state index >= 15 is 4.39 Å². The minimum Gasteiger partial charge on any atom is -0.484 e. The Morgan fingerprint density at radius 2 is 1.81 bits per heavy atom. The van der Waals surface area contributed by atoms with E-state index in [1.165, 1.54) is 47.7 Å². The molecule has 3 heterocycles. The molecule has 1 N–H and O–H groups in total. The Labute approximate surface area is 250 Å². The van der Waals surface area contributed by atoms with E-state index in [0.29, 0.717) is 37.8 Å². The van der Waals surface area contributed by atoms with Gasteiger partial charge in [0.15, 0.2) is 11.6 Å². The van der Waals surface area contributed by atoms with Gasteiger partial charge in [0, 0.05) is 43.7 Å². The topological polar surface area (TPSA) is 129 Å². The Kier molecular flexibility index (Phi) is 8.35. The van der Waals surface area contributed by atoms with Gasteiger partial charge < -0.3 is 19.1 Å². The van der Waals surface area contributed by atoms with Crippen molar-refractivity contribution in [3.63, 3.8) is 0 Å². The summed E-state index contributed by atoms with van der Waals surface area (Å²) in [7, 11) is 4.75. The quantitative estimate of drug-likeness (QED) is 0.231. The van der Waals surface area contributed by atoms with Crippen LogP contribution >= 0.6 is 11.3 Å². The Morgan fingerprint density at radius 1 is 1.02 bits per heavy atom. The smallest absolute Gasteiger partial charge is 0.412 e. The van der Waals surface area contributed by atoms with Gasteiger partial charge in [0.2, 0.25) is 5.88 Å². The van der Waals surface area contributed by atoms with Gasteiger partial charge in [-0.15, -0.1) is 11.3 Å². The van der Waals surface area contributed by atoms with Crippen LogP contribution in [-0.2, 0) is 4.74 Å². The van der Waals surface area contributed by atoms with Crippen LogP contribution in [0.2, 0.25) is 0 Å². The average Bonchev–Trinajstić information content (AvgIpc) is 3.38. The van der Waals surface area contributed by atoms with Gasteiger partial charge in [-0.05, 0) is 50.6 Å². The number of thiazole rings is 1. The molecule has 3 aromatic heterocycles. The second kappa shape index (κ2) is 12.1. The first-order valence-electron chi connectivity index (χ1n) is 13.3. The predicted molar refractivity (Wildman–Crippen MR) is 161 cm³/mol. The fourth-order valence-electron chi connectivity index (χ4n) is 4.21. The number of amides is 2. The zero-order chi connectivity index (χ0) is 30.8. The fourth-order valence-corrected chi connectivity index (χ4v) is 5.20. The lowest BCUT2D eigenvalue weighted by Gasteiger charge is -2.22. The molecule has 5 rings (SSSR count). The number of benzene rings is 2. The first-order valence-corrected chi connectivity index (χ1v) is 14.1. The van der Waals surface area contributed by atoms with E-state index in [1.807, 2.05) is 19.1 Å². The van der Waals surface area contributed by atoms with E-state index in [4.69, 9.17) is 14.2 Å². The largest absolute Gasteiger partial charge is 0.484 e. The minimum atomic E-state index is -0.758. The summed E-state index contributed by atoms with van der Waals surface area (Å²) in [6.07, 6.45) is 0.764. The summed E-state index contributed by atoms with van der Waals surface area (Å²) < 4.78 is 32.4. The van der Waals surface area contributed by atoms with Gasteiger partial charge in [-0.25, -0.2) is 24.1 Å². The molecule has 43 heavy (non-hydrogen) atoms. The summed E-state index contributed by atoms with van der Waals surface area (Å²) in [5.41, 5.74) is 4.07. The molecule has 2 atom stereocenters. The summed E-state index contributed by atoms with van der Waals surface area (Å²) in [6.45, 7) is 5.26. The number of rotatable bonds is 8. The van der Waals surface area contributed by atoms with Crippen molar-refractivity contribution in [1.82, 2.24) is 24.8 Å². The minimum absolute atomic E-state index is 0.00524. The molecule has 0 bridgehead atoms. The average molecular weight is 605 g/mol. The number of nitrogens with zero attached hydrogens (tertiary/aromatic N) is 5. The van der Waals surface area contributed by atoms with Crippen molar-refractivity contribution in [2.24, 2.45) is 0 Å². The van der Waals surface area contributed by atoms with Crippen molar-refractivity contribution >= 4 is 50.3 Å². The molecule has 11 nitrogen and oxygen atoms in total. The Hall–Kier alpha value is -4.91. The molecule has 2 amide bonds. The van der Waals surface area contributed by atoms with E-state index in [1.54, 1.807) is 40.2 Å². The number of carbonyl (C=O) groups is 2. The number of hydrogen-bond donors (Lipinski definition) is 1. The van der Waals surface area contributed by atoms with Crippen LogP contribution in [0.4, 0.5) is 14.9 Å². The van der Waals surface area contributed by atoms with E-state index in [9.17, 15) is 9.59 Å². The van der Waals surface area contributed by atoms with Crippen LogP contribution in [-0.4, -0.2) is 70.2 Å². The number of hydrogen-bond acceptors (Lipinski definition) is 10. The highest BCUT2D eigenvalue weighted by atomic mass is 32.1. The Bertz CT molecular complexity index is 1850. The molecule has 0 aliphatic carbocycles. The van der Waals surface area contributed by atoms with Gasteiger partial charge in [-0.2, -0.15) is 0 Å². The lowest BCUT2D eigenvalue weighted by atomic mass is 10.1. The van der Waals surface area contributed by atoms with Crippen LogP contribution in [0.15, 0.2) is 48.8 Å². The van der Waals surface area contributed by atoms with Gasteiger partial charge in [-0.3, -0.25) is 15.1 Å². The van der Waals surface area contributed by atoms with E-state index in [2.05, 4.69) is 25.3 Å². The van der Waals surface area contributed by atoms with Crippen LogP contribution < -0.4 is 14.8 Å². The summed E-state index contributed by atoms with van der Waals surface area (Å²) in [5.74, 6) is -0.488. The monoisotopic (exact) mass is 604 g/mol. The molecule has 0 fully saturated rings. The third kappa shape index (κ3) is 6.46. The summed E-state index contributed by atoms with van der Waals surface area (Å²) >= 11 is 1.37. The van der Waals surface area contributed by atoms with Gasteiger partial charge in [0.25, 0.3) is 5.91 Å². The molecular formula is C30H29FN6O5S.